The standard InChI is InChI=1S/C12H15F2N3O/c13-8-1-2-10(14)11(5-8)16-12(18)7-17-4-3-9(15)6-17/h1-2,5,9H,3-4,6-7,15H2,(H,16,18). The topological polar surface area (TPSA) is 58.4 Å². The molecule has 2 rings (SSSR count). The van der Waals surface area contributed by atoms with Gasteiger partial charge >= 0.3 is 0 Å². The number of anilines is 1. The van der Waals surface area contributed by atoms with E-state index in [1.54, 1.807) is 0 Å². The van der Waals surface area contributed by atoms with Crippen LogP contribution in [0.4, 0.5) is 14.5 Å². The number of halogens is 2. The Kier molecular flexibility index (Phi) is 3.88. The number of likely N-dealkylation sites (tertiary alicyclic amines) is 1. The van der Waals surface area contributed by atoms with Crippen LogP contribution in [0.25, 0.3) is 0 Å². The van der Waals surface area contributed by atoms with Gasteiger partial charge in [0.25, 0.3) is 0 Å². The number of carbonyl (C=O) groups is 1. The Hall–Kier alpha value is -1.53. The number of carbonyl (C=O) groups excluding carboxylic acids is 1. The Labute approximate surface area is 104 Å². The van der Waals surface area contributed by atoms with Crippen LogP contribution >= 0.6 is 0 Å². The maximum atomic E-state index is 13.3. The largest absolute Gasteiger partial charge is 0.326 e. The molecule has 1 heterocycles. The number of nitrogens with one attached hydrogen (secondary N) is 1. The summed E-state index contributed by atoms with van der Waals surface area (Å²) in [6.45, 7) is 1.54. The zero-order valence-electron chi connectivity index (χ0n) is 9.83. The number of hydrogen-bond acceptors (Lipinski definition) is 3. The molecule has 0 bridgehead atoms. The average molecular weight is 255 g/mol. The summed E-state index contributed by atoms with van der Waals surface area (Å²) in [5, 5.41) is 2.36. The second-order valence-corrected chi connectivity index (χ2v) is 4.46. The first-order valence-corrected chi connectivity index (χ1v) is 5.77. The summed E-state index contributed by atoms with van der Waals surface area (Å²) in [4.78, 5) is 13.5. The number of nitrogens with two attached hydrogens (primary N) is 1. The molecule has 1 fully saturated rings. The van der Waals surface area contributed by atoms with E-state index in [2.05, 4.69) is 5.32 Å². The van der Waals surface area contributed by atoms with E-state index < -0.39 is 11.6 Å². The highest BCUT2D eigenvalue weighted by Gasteiger charge is 2.21. The Balaban J connectivity index is 1.92. The normalized spacial score (nSPS) is 20.1. The summed E-state index contributed by atoms with van der Waals surface area (Å²) >= 11 is 0. The first kappa shape index (κ1) is 12.9. The predicted molar refractivity (Wildman–Crippen MR) is 64.0 cm³/mol. The highest BCUT2D eigenvalue weighted by molar-refractivity contribution is 5.92. The molecule has 1 aliphatic rings. The quantitative estimate of drug-likeness (QED) is 0.845. The lowest BCUT2D eigenvalue weighted by Gasteiger charge is -2.14. The van der Waals surface area contributed by atoms with Gasteiger partial charge in [0.2, 0.25) is 5.91 Å². The molecule has 0 aromatic heterocycles. The van der Waals surface area contributed by atoms with Crippen LogP contribution in [0.5, 0.6) is 0 Å². The van der Waals surface area contributed by atoms with Crippen molar-refractivity contribution in [1.82, 2.24) is 4.90 Å². The average Bonchev–Trinajstić information content (AvgIpc) is 2.69. The summed E-state index contributed by atoms with van der Waals surface area (Å²) in [5.74, 6) is -1.61. The minimum Gasteiger partial charge on any atom is -0.326 e. The maximum Gasteiger partial charge on any atom is 0.238 e. The van der Waals surface area contributed by atoms with Gasteiger partial charge in [0.1, 0.15) is 11.6 Å². The lowest BCUT2D eigenvalue weighted by Crippen LogP contribution is -2.33. The van der Waals surface area contributed by atoms with Crippen LogP contribution in [0.15, 0.2) is 18.2 Å². The number of hydrogen-bond donors (Lipinski definition) is 2. The molecule has 1 unspecified atom stereocenters. The summed E-state index contributed by atoms with van der Waals surface area (Å²) in [5.41, 5.74) is 5.58. The van der Waals surface area contributed by atoms with Crippen molar-refractivity contribution in [1.29, 1.82) is 0 Å². The first-order chi connectivity index (χ1) is 8.54. The molecule has 0 radical (unpaired) electrons. The molecular formula is C12H15F2N3O. The van der Waals surface area contributed by atoms with Crippen LogP contribution in [0, 0.1) is 11.6 Å². The fourth-order valence-electron chi connectivity index (χ4n) is 1.99. The Morgan fingerprint density at radius 2 is 2.28 bits per heavy atom. The molecular weight excluding hydrogens is 240 g/mol. The summed E-state index contributed by atoms with van der Waals surface area (Å²) in [6, 6.07) is 3.04. The molecule has 1 atom stereocenters. The summed E-state index contributed by atoms with van der Waals surface area (Å²) in [7, 11) is 0. The zero-order chi connectivity index (χ0) is 13.1. The zero-order valence-corrected chi connectivity index (χ0v) is 9.83. The lowest BCUT2D eigenvalue weighted by atomic mass is 10.3. The molecule has 4 nitrogen and oxygen atoms in total. The van der Waals surface area contributed by atoms with Gasteiger partial charge in [-0.15, -0.1) is 0 Å². The monoisotopic (exact) mass is 255 g/mol. The molecule has 98 valence electrons. The number of rotatable bonds is 3. The summed E-state index contributed by atoms with van der Waals surface area (Å²) in [6.07, 6.45) is 0.849. The third kappa shape index (κ3) is 3.24. The van der Waals surface area contributed by atoms with E-state index in [1.807, 2.05) is 4.90 Å². The van der Waals surface area contributed by atoms with Gasteiger partial charge in [-0.2, -0.15) is 0 Å². The Morgan fingerprint density at radius 1 is 1.50 bits per heavy atom. The second kappa shape index (κ2) is 5.41. The molecule has 0 spiro atoms. The summed E-state index contributed by atoms with van der Waals surface area (Å²) < 4.78 is 26.2. The molecule has 1 saturated heterocycles. The van der Waals surface area contributed by atoms with Gasteiger partial charge in [-0.3, -0.25) is 9.69 Å². The molecule has 1 aromatic rings. The van der Waals surface area contributed by atoms with Crippen molar-refractivity contribution < 1.29 is 13.6 Å². The molecule has 6 heteroatoms. The van der Waals surface area contributed by atoms with Crippen LogP contribution in [-0.2, 0) is 4.79 Å². The van der Waals surface area contributed by atoms with Crippen LogP contribution in [0.3, 0.4) is 0 Å². The van der Waals surface area contributed by atoms with Crippen LogP contribution in [0.2, 0.25) is 0 Å². The van der Waals surface area contributed by atoms with E-state index in [-0.39, 0.29) is 24.2 Å². The highest BCUT2D eigenvalue weighted by atomic mass is 19.1. The van der Waals surface area contributed by atoms with Crippen molar-refractivity contribution in [3.63, 3.8) is 0 Å². The highest BCUT2D eigenvalue weighted by Crippen LogP contribution is 2.15. The van der Waals surface area contributed by atoms with Gasteiger partial charge in [-0.05, 0) is 18.6 Å². The Morgan fingerprint density at radius 3 is 2.94 bits per heavy atom. The predicted octanol–water partition coefficient (Wildman–Crippen LogP) is 0.936. The maximum absolute atomic E-state index is 13.3. The Bertz CT molecular complexity index is 453. The molecule has 3 N–H and O–H groups in total. The van der Waals surface area contributed by atoms with Crippen molar-refractivity contribution in [2.24, 2.45) is 5.73 Å². The molecule has 18 heavy (non-hydrogen) atoms. The molecule has 0 saturated carbocycles. The molecule has 1 aliphatic heterocycles. The molecule has 0 aliphatic carbocycles. The fourth-order valence-corrected chi connectivity index (χ4v) is 1.99. The molecule has 1 aromatic carbocycles. The fraction of sp³-hybridized carbons (Fsp3) is 0.417. The molecule has 1 amide bonds. The third-order valence-corrected chi connectivity index (χ3v) is 2.88. The van der Waals surface area contributed by atoms with Crippen molar-refractivity contribution in [2.75, 3.05) is 25.0 Å². The number of amides is 1. The smallest absolute Gasteiger partial charge is 0.238 e. The van der Waals surface area contributed by atoms with E-state index >= 15 is 0 Å². The van der Waals surface area contributed by atoms with Crippen LogP contribution in [0.1, 0.15) is 6.42 Å². The van der Waals surface area contributed by atoms with Crippen molar-refractivity contribution >= 4 is 11.6 Å². The number of nitrogens with zero attached hydrogens (tertiary/aromatic N) is 1. The van der Waals surface area contributed by atoms with Crippen LogP contribution in [-0.4, -0.2) is 36.5 Å². The van der Waals surface area contributed by atoms with E-state index in [9.17, 15) is 13.6 Å². The van der Waals surface area contributed by atoms with E-state index in [0.29, 0.717) is 6.54 Å². The van der Waals surface area contributed by atoms with Gasteiger partial charge < -0.3 is 11.1 Å². The van der Waals surface area contributed by atoms with Gasteiger partial charge in [0, 0.05) is 25.2 Å². The van der Waals surface area contributed by atoms with Crippen molar-refractivity contribution in [3.8, 4) is 0 Å². The van der Waals surface area contributed by atoms with E-state index in [1.165, 1.54) is 0 Å². The van der Waals surface area contributed by atoms with E-state index in [0.717, 1.165) is 31.2 Å². The SMILES string of the molecule is NC1CCN(CC(=O)Nc2cc(F)ccc2F)C1. The van der Waals surface area contributed by atoms with Crippen LogP contribution < -0.4 is 11.1 Å². The first-order valence-electron chi connectivity index (χ1n) is 5.77. The lowest BCUT2D eigenvalue weighted by molar-refractivity contribution is -0.117. The van der Waals surface area contributed by atoms with Crippen molar-refractivity contribution in [3.05, 3.63) is 29.8 Å². The minimum atomic E-state index is -0.650. The number of benzene rings is 1. The van der Waals surface area contributed by atoms with Gasteiger partial charge in [-0.1, -0.05) is 0 Å². The van der Waals surface area contributed by atoms with Gasteiger partial charge in [0.15, 0.2) is 0 Å². The van der Waals surface area contributed by atoms with E-state index in [4.69, 9.17) is 5.73 Å². The third-order valence-electron chi connectivity index (χ3n) is 2.88. The second-order valence-electron chi connectivity index (χ2n) is 4.46. The minimum absolute atomic E-state index is 0.0868. The van der Waals surface area contributed by atoms with Gasteiger partial charge in [0.05, 0.1) is 12.2 Å². The van der Waals surface area contributed by atoms with Gasteiger partial charge in [-0.25, -0.2) is 8.78 Å². The van der Waals surface area contributed by atoms with Crippen molar-refractivity contribution in [2.45, 2.75) is 12.5 Å².